The molecule has 2 aromatic rings. The van der Waals surface area contributed by atoms with Gasteiger partial charge in [-0.15, -0.1) is 0 Å². The van der Waals surface area contributed by atoms with Crippen LogP contribution in [0.3, 0.4) is 0 Å². The smallest absolute Gasteiger partial charge is 0.355 e. The predicted molar refractivity (Wildman–Crippen MR) is 101 cm³/mol. The van der Waals surface area contributed by atoms with E-state index < -0.39 is 17.5 Å². The zero-order valence-corrected chi connectivity index (χ0v) is 16.1. The fourth-order valence-electron chi connectivity index (χ4n) is 3.42. The first-order valence-electron chi connectivity index (χ1n) is 9.61. The van der Waals surface area contributed by atoms with Crippen LogP contribution < -0.4 is 0 Å². The Balaban J connectivity index is 1.93. The number of carboxylic acids is 1. The number of hydrogen-bond acceptors (Lipinski definition) is 2. The van der Waals surface area contributed by atoms with Gasteiger partial charge in [0, 0.05) is 23.9 Å². The quantitative estimate of drug-likeness (QED) is 0.520. The lowest BCUT2D eigenvalue weighted by Crippen LogP contribution is -2.03. The third-order valence-electron chi connectivity index (χ3n) is 4.86. The molecule has 0 fully saturated rings. The molecule has 0 spiro atoms. The molecular formula is C20H30FN3O2. The molecule has 26 heavy (non-hydrogen) atoms. The number of nitrogens with one attached hydrogen (secondary N) is 1. The molecule has 0 aliphatic rings. The Morgan fingerprint density at radius 3 is 2.35 bits per heavy atom. The van der Waals surface area contributed by atoms with Crippen LogP contribution in [-0.2, 0) is 6.54 Å². The fourth-order valence-corrected chi connectivity index (χ4v) is 3.42. The maximum absolute atomic E-state index is 13.8. The van der Waals surface area contributed by atoms with E-state index in [0.29, 0.717) is 5.69 Å². The maximum Gasteiger partial charge on any atom is 0.355 e. The second kappa shape index (κ2) is 9.55. The van der Waals surface area contributed by atoms with Crippen molar-refractivity contribution in [2.75, 3.05) is 0 Å². The average molecular weight is 363 g/mol. The van der Waals surface area contributed by atoms with Gasteiger partial charge in [0.2, 0.25) is 0 Å². The van der Waals surface area contributed by atoms with Crippen LogP contribution in [0.2, 0.25) is 0 Å². The van der Waals surface area contributed by atoms with Crippen molar-refractivity contribution in [2.45, 2.75) is 78.7 Å². The number of rotatable bonds is 11. The van der Waals surface area contributed by atoms with E-state index >= 15 is 0 Å². The zero-order chi connectivity index (χ0) is 19.1. The number of H-pyrrole nitrogens is 1. The fraction of sp³-hybridized carbons (Fsp3) is 0.600. The summed E-state index contributed by atoms with van der Waals surface area (Å²) in [6.07, 6.45) is 10.1. The minimum Gasteiger partial charge on any atom is -0.476 e. The van der Waals surface area contributed by atoms with Crippen LogP contribution in [0.5, 0.6) is 0 Å². The first kappa shape index (κ1) is 20.2. The van der Waals surface area contributed by atoms with E-state index in [2.05, 4.69) is 17.0 Å². The number of aromatic amines is 1. The molecule has 0 aliphatic carbocycles. The normalized spacial score (nSPS) is 11.2. The summed E-state index contributed by atoms with van der Waals surface area (Å²) in [7, 11) is 0. The minimum atomic E-state index is -1.30. The van der Waals surface area contributed by atoms with Crippen LogP contribution >= 0.6 is 0 Å². The maximum atomic E-state index is 13.8. The zero-order valence-electron chi connectivity index (χ0n) is 16.1. The van der Waals surface area contributed by atoms with Gasteiger partial charge in [-0.25, -0.2) is 9.18 Å². The van der Waals surface area contributed by atoms with Gasteiger partial charge >= 0.3 is 5.97 Å². The van der Waals surface area contributed by atoms with Crippen molar-refractivity contribution in [3.8, 4) is 11.3 Å². The first-order valence-corrected chi connectivity index (χ1v) is 9.61. The van der Waals surface area contributed by atoms with Crippen molar-refractivity contribution >= 4 is 5.97 Å². The molecule has 0 saturated heterocycles. The van der Waals surface area contributed by atoms with Crippen LogP contribution in [0.1, 0.15) is 80.2 Å². The van der Waals surface area contributed by atoms with E-state index in [0.717, 1.165) is 29.9 Å². The van der Waals surface area contributed by atoms with E-state index in [9.17, 15) is 9.18 Å². The van der Waals surface area contributed by atoms with Crippen molar-refractivity contribution in [1.29, 1.82) is 0 Å². The summed E-state index contributed by atoms with van der Waals surface area (Å²) < 4.78 is 15.7. The molecule has 144 valence electrons. The molecule has 0 unspecified atom stereocenters. The number of hydrogen-bond donors (Lipinski definition) is 2. The summed E-state index contributed by atoms with van der Waals surface area (Å²) in [6, 6.07) is 1.24. The number of carbonyl (C=O) groups is 1. The highest BCUT2D eigenvalue weighted by Gasteiger charge is 2.20. The Morgan fingerprint density at radius 2 is 1.77 bits per heavy atom. The third-order valence-corrected chi connectivity index (χ3v) is 4.86. The van der Waals surface area contributed by atoms with Crippen molar-refractivity contribution < 1.29 is 14.3 Å². The van der Waals surface area contributed by atoms with Gasteiger partial charge in [0.1, 0.15) is 0 Å². The Kier molecular flexibility index (Phi) is 7.42. The molecule has 2 N–H and O–H groups in total. The monoisotopic (exact) mass is 363 g/mol. The van der Waals surface area contributed by atoms with E-state index in [-0.39, 0.29) is 0 Å². The number of carboxylic acid groups (broad SMARTS) is 1. The Morgan fingerprint density at radius 1 is 1.15 bits per heavy atom. The SMILES string of the molecule is CCCCCCCCCCn1nc(C)c(-c2cc(F)c(C(=O)O)[nH]2)c1C. The third kappa shape index (κ3) is 4.96. The van der Waals surface area contributed by atoms with Crippen LogP contribution in [0.15, 0.2) is 6.07 Å². The number of aryl methyl sites for hydroxylation is 2. The summed E-state index contributed by atoms with van der Waals surface area (Å²) in [4.78, 5) is 13.7. The number of nitrogens with zero attached hydrogens (tertiary/aromatic N) is 2. The van der Waals surface area contributed by atoms with Crippen LogP contribution in [0, 0.1) is 19.7 Å². The standard InChI is InChI=1S/C20H30FN3O2/c1-4-5-6-7-8-9-10-11-12-24-15(3)18(14(2)23-24)17-13-16(21)19(22-17)20(25)26/h13,22H,4-12H2,1-3H3,(H,25,26). The lowest BCUT2D eigenvalue weighted by molar-refractivity contribution is 0.0686. The Bertz CT molecular complexity index is 734. The lowest BCUT2D eigenvalue weighted by atomic mass is 10.1. The van der Waals surface area contributed by atoms with Gasteiger partial charge in [-0.2, -0.15) is 5.10 Å². The van der Waals surface area contributed by atoms with E-state index in [1.807, 2.05) is 18.5 Å². The molecule has 0 aromatic carbocycles. The molecule has 0 amide bonds. The summed E-state index contributed by atoms with van der Waals surface area (Å²) >= 11 is 0. The molecule has 2 rings (SSSR count). The lowest BCUT2D eigenvalue weighted by Gasteiger charge is -2.05. The molecule has 5 nitrogen and oxygen atoms in total. The first-order chi connectivity index (χ1) is 12.5. The second-order valence-corrected chi connectivity index (χ2v) is 6.95. The van der Waals surface area contributed by atoms with Crippen molar-refractivity contribution in [3.05, 3.63) is 29.0 Å². The highest BCUT2D eigenvalue weighted by molar-refractivity contribution is 5.87. The summed E-state index contributed by atoms with van der Waals surface area (Å²) in [5, 5.41) is 13.6. The van der Waals surface area contributed by atoms with Gasteiger partial charge in [-0.05, 0) is 20.3 Å². The number of unbranched alkanes of at least 4 members (excludes halogenated alkanes) is 7. The average Bonchev–Trinajstić information content (AvgIpc) is 3.10. The molecule has 2 heterocycles. The van der Waals surface area contributed by atoms with Crippen molar-refractivity contribution in [1.82, 2.24) is 14.8 Å². The summed E-state index contributed by atoms with van der Waals surface area (Å²) in [6.45, 7) is 6.87. The molecule has 6 heteroatoms. The van der Waals surface area contributed by atoms with Gasteiger partial charge in [0.15, 0.2) is 11.5 Å². The van der Waals surface area contributed by atoms with Crippen LogP contribution in [-0.4, -0.2) is 25.8 Å². The molecule has 0 atom stereocenters. The largest absolute Gasteiger partial charge is 0.476 e. The van der Waals surface area contributed by atoms with Crippen molar-refractivity contribution in [3.63, 3.8) is 0 Å². The van der Waals surface area contributed by atoms with Gasteiger partial charge < -0.3 is 10.1 Å². The number of halogens is 1. The molecule has 0 saturated carbocycles. The number of aromatic carboxylic acids is 1. The van der Waals surface area contributed by atoms with Gasteiger partial charge in [-0.1, -0.05) is 51.9 Å². The molecule has 0 aliphatic heterocycles. The highest BCUT2D eigenvalue weighted by Crippen LogP contribution is 2.28. The van der Waals surface area contributed by atoms with Crippen LogP contribution in [0.25, 0.3) is 11.3 Å². The van der Waals surface area contributed by atoms with Gasteiger partial charge in [-0.3, -0.25) is 4.68 Å². The van der Waals surface area contributed by atoms with Crippen LogP contribution in [0.4, 0.5) is 4.39 Å². The molecule has 0 bridgehead atoms. The van der Waals surface area contributed by atoms with E-state index in [1.54, 1.807) is 0 Å². The Labute approximate surface area is 154 Å². The predicted octanol–water partition coefficient (Wildman–Crippen LogP) is 5.47. The Hall–Kier alpha value is -2.11. The van der Waals surface area contributed by atoms with Gasteiger partial charge in [0.05, 0.1) is 11.4 Å². The minimum absolute atomic E-state index is 0.408. The van der Waals surface area contributed by atoms with Gasteiger partial charge in [0.25, 0.3) is 0 Å². The van der Waals surface area contributed by atoms with Crippen molar-refractivity contribution in [2.24, 2.45) is 0 Å². The molecule has 0 radical (unpaired) electrons. The summed E-state index contributed by atoms with van der Waals surface area (Å²) in [5.74, 6) is -2.04. The second-order valence-electron chi connectivity index (χ2n) is 6.95. The highest BCUT2D eigenvalue weighted by atomic mass is 19.1. The topological polar surface area (TPSA) is 70.9 Å². The number of aromatic nitrogens is 3. The van der Waals surface area contributed by atoms with E-state index in [1.165, 1.54) is 51.0 Å². The van der Waals surface area contributed by atoms with E-state index in [4.69, 9.17) is 5.11 Å². The molecular weight excluding hydrogens is 333 g/mol. The molecule has 2 aromatic heterocycles. The summed E-state index contributed by atoms with van der Waals surface area (Å²) in [5.41, 5.74) is 2.56.